The number of carbonyl (C=O) groups is 1. The second-order valence-corrected chi connectivity index (χ2v) is 5.90. The number of ether oxygens (including phenoxy) is 1. The van der Waals surface area contributed by atoms with Crippen LogP contribution in [0.2, 0.25) is 0 Å². The molecule has 0 aliphatic heterocycles. The van der Waals surface area contributed by atoms with Gasteiger partial charge in [-0.05, 0) is 13.0 Å². The zero-order chi connectivity index (χ0) is 15.9. The number of aromatic nitrogens is 1. The van der Waals surface area contributed by atoms with Crippen molar-refractivity contribution >= 4 is 22.5 Å². The van der Waals surface area contributed by atoms with Crippen molar-refractivity contribution in [3.05, 3.63) is 40.9 Å². The lowest BCUT2D eigenvalue weighted by atomic mass is 10.2. The molecule has 0 aliphatic carbocycles. The summed E-state index contributed by atoms with van der Waals surface area (Å²) in [5.41, 5.74) is 0.879. The normalized spacial score (nSPS) is 10.3. The highest BCUT2D eigenvalue weighted by atomic mass is 32.1. The predicted octanol–water partition coefficient (Wildman–Crippen LogP) is 2.49. The number of aliphatic hydroxyl groups excluding tert-OH is 1. The summed E-state index contributed by atoms with van der Waals surface area (Å²) in [6.45, 7) is 2.39. The number of rotatable bonds is 6. The number of hydrogen-bond acceptors (Lipinski definition) is 5. The highest BCUT2D eigenvalue weighted by Gasteiger charge is 2.16. The number of nitrogens with zero attached hydrogens (tertiary/aromatic N) is 2. The third-order valence-corrected chi connectivity index (χ3v) is 3.87. The van der Waals surface area contributed by atoms with Crippen LogP contribution in [0.4, 0.5) is 9.93 Å². The van der Waals surface area contributed by atoms with Crippen molar-refractivity contribution < 1.29 is 14.6 Å². The third-order valence-electron chi connectivity index (χ3n) is 3.05. The second kappa shape index (κ2) is 7.77. The quantitative estimate of drug-likeness (QED) is 0.857. The summed E-state index contributed by atoms with van der Waals surface area (Å²) in [6, 6.07) is 7.20. The molecular weight excluding hydrogens is 302 g/mol. The van der Waals surface area contributed by atoms with E-state index in [-0.39, 0.29) is 19.2 Å². The Balaban J connectivity index is 2.10. The number of carbonyl (C=O) groups excluding carboxylic acids is 1. The van der Waals surface area contributed by atoms with Crippen LogP contribution < -0.4 is 10.1 Å². The fourth-order valence-electron chi connectivity index (χ4n) is 2.00. The monoisotopic (exact) mass is 321 g/mol. The van der Waals surface area contributed by atoms with Crippen molar-refractivity contribution in [1.29, 1.82) is 0 Å². The van der Waals surface area contributed by atoms with Crippen molar-refractivity contribution in [1.82, 2.24) is 9.88 Å². The van der Waals surface area contributed by atoms with E-state index in [0.29, 0.717) is 17.4 Å². The maximum Gasteiger partial charge on any atom is 0.324 e. The smallest absolute Gasteiger partial charge is 0.324 e. The van der Waals surface area contributed by atoms with Crippen LogP contribution in [0.15, 0.2) is 30.5 Å². The molecule has 1 heterocycles. The second-order valence-electron chi connectivity index (χ2n) is 4.66. The largest absolute Gasteiger partial charge is 0.496 e. The van der Waals surface area contributed by atoms with Crippen molar-refractivity contribution in [2.45, 2.75) is 13.5 Å². The number of para-hydroxylation sites is 1. The van der Waals surface area contributed by atoms with Crippen LogP contribution >= 0.6 is 11.3 Å². The van der Waals surface area contributed by atoms with E-state index in [2.05, 4.69) is 10.3 Å². The van der Waals surface area contributed by atoms with E-state index in [4.69, 9.17) is 4.74 Å². The lowest BCUT2D eigenvalue weighted by Gasteiger charge is -2.22. The molecule has 0 aliphatic rings. The topological polar surface area (TPSA) is 74.7 Å². The Kier molecular flexibility index (Phi) is 5.74. The number of urea groups is 1. The molecule has 1 aromatic heterocycles. The van der Waals surface area contributed by atoms with E-state index in [1.807, 2.05) is 31.2 Å². The maximum absolute atomic E-state index is 12.3. The number of benzene rings is 1. The van der Waals surface area contributed by atoms with E-state index in [0.717, 1.165) is 10.4 Å². The average molecular weight is 321 g/mol. The summed E-state index contributed by atoms with van der Waals surface area (Å²) in [5, 5.41) is 12.5. The minimum absolute atomic E-state index is 0.112. The number of anilines is 1. The Hall–Kier alpha value is -2.12. The Bertz CT molecular complexity index is 630. The molecule has 7 heteroatoms. The summed E-state index contributed by atoms with van der Waals surface area (Å²) in [4.78, 5) is 19.0. The summed E-state index contributed by atoms with van der Waals surface area (Å²) >= 11 is 1.41. The lowest BCUT2D eigenvalue weighted by Crippen LogP contribution is -2.36. The molecule has 6 nitrogen and oxygen atoms in total. The third kappa shape index (κ3) is 4.19. The first-order chi connectivity index (χ1) is 10.6. The van der Waals surface area contributed by atoms with Gasteiger partial charge in [-0.15, -0.1) is 11.3 Å². The van der Waals surface area contributed by atoms with Gasteiger partial charge in [-0.25, -0.2) is 9.78 Å². The standard InChI is InChI=1S/C15H19N3O3S/c1-11-9-16-14(22-11)17-15(20)18(7-8-19)10-12-5-3-4-6-13(12)21-2/h3-6,9,19H,7-8,10H2,1-2H3,(H,16,17,20). The van der Waals surface area contributed by atoms with Crippen LogP contribution in [0.3, 0.4) is 0 Å². The van der Waals surface area contributed by atoms with Crippen molar-refractivity contribution in [2.75, 3.05) is 25.6 Å². The lowest BCUT2D eigenvalue weighted by molar-refractivity contribution is 0.184. The first-order valence-electron chi connectivity index (χ1n) is 6.85. The van der Waals surface area contributed by atoms with Crippen LogP contribution in [-0.4, -0.2) is 41.3 Å². The number of methoxy groups -OCH3 is 1. The van der Waals surface area contributed by atoms with E-state index in [1.165, 1.54) is 16.2 Å². The Morgan fingerprint density at radius 2 is 2.23 bits per heavy atom. The molecule has 0 saturated carbocycles. The Labute approximate surface area is 133 Å². The van der Waals surface area contributed by atoms with Crippen molar-refractivity contribution in [3.63, 3.8) is 0 Å². The van der Waals surface area contributed by atoms with Crippen molar-refractivity contribution in [2.24, 2.45) is 0 Å². The van der Waals surface area contributed by atoms with Crippen LogP contribution in [0, 0.1) is 6.92 Å². The van der Waals surface area contributed by atoms with Gasteiger partial charge in [0, 0.05) is 23.2 Å². The first kappa shape index (κ1) is 16.3. The predicted molar refractivity (Wildman–Crippen MR) is 86.4 cm³/mol. The average Bonchev–Trinajstić information content (AvgIpc) is 2.92. The summed E-state index contributed by atoms with van der Waals surface area (Å²) < 4.78 is 5.29. The fraction of sp³-hybridized carbons (Fsp3) is 0.333. The molecule has 22 heavy (non-hydrogen) atoms. The van der Waals surface area contributed by atoms with Gasteiger partial charge in [-0.1, -0.05) is 18.2 Å². The van der Waals surface area contributed by atoms with Crippen LogP contribution in [-0.2, 0) is 6.54 Å². The molecule has 0 unspecified atom stereocenters. The molecule has 0 fully saturated rings. The minimum Gasteiger partial charge on any atom is -0.496 e. The van der Waals surface area contributed by atoms with Gasteiger partial charge in [0.25, 0.3) is 0 Å². The number of nitrogens with one attached hydrogen (secondary N) is 1. The first-order valence-corrected chi connectivity index (χ1v) is 7.66. The van der Waals surface area contributed by atoms with Crippen LogP contribution in [0.1, 0.15) is 10.4 Å². The SMILES string of the molecule is COc1ccccc1CN(CCO)C(=O)Nc1ncc(C)s1. The van der Waals surface area contributed by atoms with Gasteiger partial charge >= 0.3 is 6.03 Å². The maximum atomic E-state index is 12.3. The molecule has 1 aromatic carbocycles. The molecule has 0 radical (unpaired) electrons. The van der Waals surface area contributed by atoms with E-state index in [1.54, 1.807) is 13.3 Å². The zero-order valence-corrected chi connectivity index (χ0v) is 13.4. The number of amides is 2. The number of aliphatic hydroxyl groups is 1. The van der Waals surface area contributed by atoms with E-state index in [9.17, 15) is 9.90 Å². The molecule has 2 amide bonds. The molecule has 0 spiro atoms. The van der Waals surface area contributed by atoms with Crippen molar-refractivity contribution in [3.8, 4) is 5.75 Å². The number of aryl methyl sites for hydroxylation is 1. The Morgan fingerprint density at radius 1 is 1.45 bits per heavy atom. The van der Waals surface area contributed by atoms with E-state index >= 15 is 0 Å². The van der Waals surface area contributed by atoms with Gasteiger partial charge in [-0.2, -0.15) is 0 Å². The number of thiazole rings is 1. The van der Waals surface area contributed by atoms with Gasteiger partial charge in [-0.3, -0.25) is 5.32 Å². The van der Waals surface area contributed by atoms with Crippen LogP contribution in [0.5, 0.6) is 5.75 Å². The highest BCUT2D eigenvalue weighted by molar-refractivity contribution is 7.15. The summed E-state index contributed by atoms with van der Waals surface area (Å²) in [5.74, 6) is 0.711. The fourth-order valence-corrected chi connectivity index (χ4v) is 2.65. The number of hydrogen-bond donors (Lipinski definition) is 2. The van der Waals surface area contributed by atoms with E-state index < -0.39 is 0 Å². The van der Waals surface area contributed by atoms with Gasteiger partial charge in [0.1, 0.15) is 5.75 Å². The van der Waals surface area contributed by atoms with Gasteiger partial charge < -0.3 is 14.7 Å². The van der Waals surface area contributed by atoms with Gasteiger partial charge in [0.2, 0.25) is 0 Å². The molecule has 118 valence electrons. The molecule has 0 atom stereocenters. The zero-order valence-electron chi connectivity index (χ0n) is 12.6. The minimum atomic E-state index is -0.297. The van der Waals surface area contributed by atoms with Gasteiger partial charge in [0.05, 0.1) is 20.3 Å². The molecule has 2 rings (SSSR count). The summed E-state index contributed by atoms with van der Waals surface area (Å²) in [6.07, 6.45) is 1.71. The molecular formula is C15H19N3O3S. The van der Waals surface area contributed by atoms with Gasteiger partial charge in [0.15, 0.2) is 5.13 Å². The molecule has 0 saturated heterocycles. The molecule has 2 N–H and O–H groups in total. The molecule has 0 bridgehead atoms. The summed E-state index contributed by atoms with van der Waals surface area (Å²) in [7, 11) is 1.59. The molecule has 2 aromatic rings. The highest BCUT2D eigenvalue weighted by Crippen LogP contribution is 2.21. The van der Waals surface area contributed by atoms with Crippen LogP contribution in [0.25, 0.3) is 0 Å². The Morgan fingerprint density at radius 3 is 2.86 bits per heavy atom.